The number of carbonyl (C=O) groups is 2. The van der Waals surface area contributed by atoms with Gasteiger partial charge in [0, 0.05) is 15.8 Å². The van der Waals surface area contributed by atoms with Gasteiger partial charge in [-0.2, -0.15) is 5.10 Å². The van der Waals surface area contributed by atoms with E-state index in [9.17, 15) is 14.4 Å². The predicted octanol–water partition coefficient (Wildman–Crippen LogP) is 3.08. The molecule has 150 valence electrons. The van der Waals surface area contributed by atoms with E-state index >= 15 is 0 Å². The van der Waals surface area contributed by atoms with Crippen molar-refractivity contribution in [3.05, 3.63) is 69.6 Å². The number of hydrogen-bond donors (Lipinski definition) is 2. The fourth-order valence-corrected chi connectivity index (χ4v) is 3.38. The Morgan fingerprint density at radius 1 is 1.03 bits per heavy atom. The third kappa shape index (κ3) is 4.17. The number of nitrogens with one attached hydrogen (secondary N) is 2. The lowest BCUT2D eigenvalue weighted by Gasteiger charge is -2.14. The van der Waals surface area contributed by atoms with Gasteiger partial charge in [0.15, 0.2) is 5.69 Å². The standard InChI is InChI=1S/C21H22N4O3S/c1-12(2)25-21(28)16-8-6-5-7-15(16)18(24-25)20(27)23-22-19(26)17-11-14(29-4)10-9-13(17)3/h5-12H,1-4H3,(H,22,26)(H,23,27). The van der Waals surface area contributed by atoms with E-state index in [1.807, 2.05) is 39.2 Å². The molecule has 0 aliphatic carbocycles. The van der Waals surface area contributed by atoms with Crippen molar-refractivity contribution in [3.63, 3.8) is 0 Å². The van der Waals surface area contributed by atoms with Crippen molar-refractivity contribution in [2.45, 2.75) is 31.7 Å². The molecule has 0 atom stereocenters. The molecule has 1 aromatic heterocycles. The Balaban J connectivity index is 1.90. The number of aromatic nitrogens is 2. The molecule has 0 fully saturated rings. The smallest absolute Gasteiger partial charge is 0.267 e. The minimum absolute atomic E-state index is 0.0730. The number of thioether (sulfide) groups is 1. The molecule has 2 amide bonds. The Morgan fingerprint density at radius 2 is 1.69 bits per heavy atom. The molecule has 29 heavy (non-hydrogen) atoms. The number of fused-ring (bicyclic) bond motifs is 1. The topological polar surface area (TPSA) is 93.1 Å². The van der Waals surface area contributed by atoms with Gasteiger partial charge in [-0.1, -0.05) is 24.3 Å². The van der Waals surface area contributed by atoms with Gasteiger partial charge in [0.05, 0.1) is 11.4 Å². The number of amides is 2. The Hall–Kier alpha value is -3.13. The molecule has 0 spiro atoms. The molecule has 0 aliphatic heterocycles. The van der Waals surface area contributed by atoms with E-state index in [-0.39, 0.29) is 17.3 Å². The fraction of sp³-hybridized carbons (Fsp3) is 0.238. The van der Waals surface area contributed by atoms with E-state index in [1.54, 1.807) is 30.3 Å². The van der Waals surface area contributed by atoms with E-state index in [2.05, 4.69) is 16.0 Å². The van der Waals surface area contributed by atoms with E-state index in [4.69, 9.17) is 0 Å². The van der Waals surface area contributed by atoms with Gasteiger partial charge in [0.25, 0.3) is 17.4 Å². The average molecular weight is 410 g/mol. The number of hydrazine groups is 1. The summed E-state index contributed by atoms with van der Waals surface area (Å²) in [7, 11) is 0. The normalized spacial score (nSPS) is 10.9. The number of rotatable bonds is 4. The third-order valence-corrected chi connectivity index (χ3v) is 5.24. The first-order valence-corrected chi connectivity index (χ1v) is 10.3. The highest BCUT2D eigenvalue weighted by molar-refractivity contribution is 7.98. The fourth-order valence-electron chi connectivity index (χ4n) is 2.94. The highest BCUT2D eigenvalue weighted by Crippen LogP contribution is 2.19. The maximum atomic E-state index is 12.8. The Morgan fingerprint density at radius 3 is 2.34 bits per heavy atom. The molecule has 0 saturated heterocycles. The molecule has 0 radical (unpaired) electrons. The zero-order valence-corrected chi connectivity index (χ0v) is 17.5. The summed E-state index contributed by atoms with van der Waals surface area (Å²) >= 11 is 1.53. The molecule has 0 saturated carbocycles. The summed E-state index contributed by atoms with van der Waals surface area (Å²) in [6.07, 6.45) is 1.93. The molecular formula is C21H22N4O3S. The second kappa shape index (κ2) is 8.48. The zero-order valence-electron chi connectivity index (χ0n) is 16.6. The number of carbonyl (C=O) groups excluding carboxylic acids is 2. The minimum Gasteiger partial charge on any atom is -0.267 e. The van der Waals surface area contributed by atoms with Gasteiger partial charge < -0.3 is 0 Å². The monoisotopic (exact) mass is 410 g/mol. The van der Waals surface area contributed by atoms with Crippen LogP contribution in [0.1, 0.15) is 46.3 Å². The largest absolute Gasteiger partial charge is 0.290 e. The van der Waals surface area contributed by atoms with Gasteiger partial charge in [-0.25, -0.2) is 4.68 Å². The lowest BCUT2D eigenvalue weighted by Crippen LogP contribution is -2.43. The maximum Gasteiger partial charge on any atom is 0.290 e. The van der Waals surface area contributed by atoms with Crippen molar-refractivity contribution in [2.24, 2.45) is 0 Å². The van der Waals surface area contributed by atoms with Gasteiger partial charge in [0.2, 0.25) is 0 Å². The van der Waals surface area contributed by atoms with Crippen molar-refractivity contribution < 1.29 is 9.59 Å². The van der Waals surface area contributed by atoms with Gasteiger partial charge >= 0.3 is 0 Å². The summed E-state index contributed by atoms with van der Waals surface area (Å²) in [4.78, 5) is 38.9. The molecule has 7 nitrogen and oxygen atoms in total. The number of aryl methyl sites for hydroxylation is 1. The van der Waals surface area contributed by atoms with Crippen LogP contribution in [-0.4, -0.2) is 27.9 Å². The van der Waals surface area contributed by atoms with Crippen LogP contribution in [0.2, 0.25) is 0 Å². The van der Waals surface area contributed by atoms with E-state index in [0.717, 1.165) is 10.5 Å². The van der Waals surface area contributed by atoms with Crippen LogP contribution >= 0.6 is 11.8 Å². The molecule has 0 aliphatic rings. The SMILES string of the molecule is CSc1ccc(C)c(C(=O)NNC(=O)c2nn(C(C)C)c(=O)c3ccccc23)c1. The summed E-state index contributed by atoms with van der Waals surface area (Å²) in [5.74, 6) is -1.02. The number of benzene rings is 2. The Kier molecular flexibility index (Phi) is 6.03. The number of hydrogen-bond acceptors (Lipinski definition) is 5. The summed E-state index contributed by atoms with van der Waals surface area (Å²) in [6.45, 7) is 5.46. The van der Waals surface area contributed by atoms with Gasteiger partial charge in [-0.15, -0.1) is 11.8 Å². The first-order chi connectivity index (χ1) is 13.8. The lowest BCUT2D eigenvalue weighted by atomic mass is 10.1. The quantitative estimate of drug-likeness (QED) is 0.509. The molecule has 1 heterocycles. The van der Waals surface area contributed by atoms with Crippen LogP contribution in [0, 0.1) is 6.92 Å². The van der Waals surface area contributed by atoms with Crippen molar-refractivity contribution in [2.75, 3.05) is 6.26 Å². The van der Waals surface area contributed by atoms with Gasteiger partial charge in [0.1, 0.15) is 0 Å². The Labute approximate surface area is 172 Å². The van der Waals surface area contributed by atoms with Crippen molar-refractivity contribution in [1.82, 2.24) is 20.6 Å². The van der Waals surface area contributed by atoms with Crippen LogP contribution in [0.4, 0.5) is 0 Å². The van der Waals surface area contributed by atoms with Crippen LogP contribution in [0.5, 0.6) is 0 Å². The van der Waals surface area contributed by atoms with Crippen molar-refractivity contribution in [3.8, 4) is 0 Å². The van der Waals surface area contributed by atoms with Crippen LogP contribution in [-0.2, 0) is 0 Å². The molecule has 2 aromatic carbocycles. The summed E-state index contributed by atoms with van der Waals surface area (Å²) in [6, 6.07) is 12.1. The molecule has 3 rings (SSSR count). The van der Waals surface area contributed by atoms with E-state index < -0.39 is 11.8 Å². The molecule has 0 unspecified atom stereocenters. The summed E-state index contributed by atoms with van der Waals surface area (Å²) < 4.78 is 1.27. The maximum absolute atomic E-state index is 12.8. The zero-order chi connectivity index (χ0) is 21.1. The minimum atomic E-state index is -0.595. The van der Waals surface area contributed by atoms with E-state index in [1.165, 1.54) is 16.4 Å². The highest BCUT2D eigenvalue weighted by Gasteiger charge is 2.19. The lowest BCUT2D eigenvalue weighted by molar-refractivity contribution is 0.0843. The second-order valence-corrected chi connectivity index (χ2v) is 7.71. The van der Waals surface area contributed by atoms with Crippen LogP contribution in [0.25, 0.3) is 10.8 Å². The molecule has 3 aromatic rings. The van der Waals surface area contributed by atoms with Crippen LogP contribution < -0.4 is 16.4 Å². The second-order valence-electron chi connectivity index (χ2n) is 6.83. The first kappa shape index (κ1) is 20.6. The van der Waals surface area contributed by atoms with Crippen LogP contribution in [0.3, 0.4) is 0 Å². The molecule has 2 N–H and O–H groups in total. The van der Waals surface area contributed by atoms with Crippen LogP contribution in [0.15, 0.2) is 52.2 Å². The molecule has 0 bridgehead atoms. The van der Waals surface area contributed by atoms with E-state index in [0.29, 0.717) is 16.3 Å². The molecule has 8 heteroatoms. The number of nitrogens with zero attached hydrogens (tertiary/aromatic N) is 2. The third-order valence-electron chi connectivity index (χ3n) is 4.51. The Bertz CT molecular complexity index is 1150. The highest BCUT2D eigenvalue weighted by atomic mass is 32.2. The van der Waals surface area contributed by atoms with Gasteiger partial charge in [-0.3, -0.25) is 25.2 Å². The molecular weight excluding hydrogens is 388 g/mol. The first-order valence-electron chi connectivity index (χ1n) is 9.10. The summed E-state index contributed by atoms with van der Waals surface area (Å²) in [5.41, 5.74) is 5.94. The van der Waals surface area contributed by atoms with Gasteiger partial charge in [-0.05, 0) is 50.8 Å². The average Bonchev–Trinajstić information content (AvgIpc) is 2.72. The summed E-state index contributed by atoms with van der Waals surface area (Å²) in [5, 5.41) is 5.06. The van der Waals surface area contributed by atoms with Crippen molar-refractivity contribution >= 4 is 34.3 Å². The predicted molar refractivity (Wildman–Crippen MR) is 114 cm³/mol. The van der Waals surface area contributed by atoms with Crippen molar-refractivity contribution in [1.29, 1.82) is 0 Å².